The molecule has 1 aromatic heterocycles. The molecular weight excluding hydrogens is 272 g/mol. The molecule has 4 N–H and O–H groups in total. The van der Waals surface area contributed by atoms with E-state index >= 15 is 0 Å². The fourth-order valence-corrected chi connectivity index (χ4v) is 3.12. The summed E-state index contributed by atoms with van der Waals surface area (Å²) in [5, 5.41) is 3.18. The highest BCUT2D eigenvalue weighted by atomic mass is 32.2. The van der Waals surface area contributed by atoms with Crippen LogP contribution in [0, 0.1) is 5.92 Å². The third-order valence-corrected chi connectivity index (χ3v) is 4.46. The topological polar surface area (TPSA) is 124 Å². The minimum atomic E-state index is -3.90. The van der Waals surface area contributed by atoms with Gasteiger partial charge in [-0.2, -0.15) is 0 Å². The monoisotopic (exact) mass is 288 g/mol. The lowest BCUT2D eigenvalue weighted by atomic mass is 10.0. The second-order valence-corrected chi connectivity index (χ2v) is 6.24. The van der Waals surface area contributed by atoms with Crippen molar-refractivity contribution in [3.63, 3.8) is 0 Å². The van der Waals surface area contributed by atoms with E-state index in [1.807, 2.05) is 4.98 Å². The van der Waals surface area contributed by atoms with Gasteiger partial charge >= 0.3 is 5.69 Å². The van der Waals surface area contributed by atoms with Crippen LogP contribution in [0.15, 0.2) is 20.7 Å². The van der Waals surface area contributed by atoms with E-state index in [1.54, 1.807) is 0 Å². The fraction of sp³-hybridized carbons (Fsp3) is 0.600. The molecule has 8 nitrogen and oxygen atoms in total. The van der Waals surface area contributed by atoms with Crippen LogP contribution in [0.1, 0.15) is 12.8 Å². The lowest BCUT2D eigenvalue weighted by Crippen LogP contribution is -2.39. The number of aromatic amines is 2. The van der Waals surface area contributed by atoms with Crippen molar-refractivity contribution < 1.29 is 8.42 Å². The first-order valence-electron chi connectivity index (χ1n) is 6.01. The van der Waals surface area contributed by atoms with Gasteiger partial charge in [-0.15, -0.1) is 0 Å². The van der Waals surface area contributed by atoms with E-state index < -0.39 is 26.2 Å². The molecule has 1 unspecified atom stereocenters. The molecule has 19 heavy (non-hydrogen) atoms. The van der Waals surface area contributed by atoms with Crippen LogP contribution in [0.25, 0.3) is 0 Å². The molecule has 106 valence electrons. The van der Waals surface area contributed by atoms with Crippen molar-refractivity contribution in [1.29, 1.82) is 0 Å². The van der Waals surface area contributed by atoms with Crippen molar-refractivity contribution in [2.75, 3.05) is 19.6 Å². The number of rotatable bonds is 4. The van der Waals surface area contributed by atoms with Gasteiger partial charge in [0.1, 0.15) is 0 Å². The molecule has 2 heterocycles. The van der Waals surface area contributed by atoms with Crippen LogP contribution in [-0.4, -0.2) is 38.0 Å². The molecular formula is C10H16N4O4S. The van der Waals surface area contributed by atoms with Crippen molar-refractivity contribution >= 4 is 10.0 Å². The van der Waals surface area contributed by atoms with Gasteiger partial charge in [0.2, 0.25) is 10.0 Å². The summed E-state index contributed by atoms with van der Waals surface area (Å²) < 4.78 is 26.3. The standard InChI is InChI=1S/C10H16N4O4S/c15-9-8(6-12-10(16)14-9)19(17,18)13-5-7-2-1-3-11-4-7/h6-7,11,13H,1-5H2,(H2,12,14,15,16). The average molecular weight is 288 g/mol. The van der Waals surface area contributed by atoms with Gasteiger partial charge in [0.05, 0.1) is 0 Å². The first-order chi connectivity index (χ1) is 8.99. The van der Waals surface area contributed by atoms with Gasteiger partial charge in [0.15, 0.2) is 4.90 Å². The molecule has 1 atom stereocenters. The zero-order chi connectivity index (χ0) is 13.9. The summed E-state index contributed by atoms with van der Waals surface area (Å²) >= 11 is 0. The normalized spacial score (nSPS) is 20.3. The van der Waals surface area contributed by atoms with E-state index in [4.69, 9.17) is 0 Å². The summed E-state index contributed by atoms with van der Waals surface area (Å²) in [5.41, 5.74) is -1.65. The van der Waals surface area contributed by atoms with Gasteiger partial charge in [-0.3, -0.25) is 9.78 Å². The van der Waals surface area contributed by atoms with Crippen LogP contribution in [0.5, 0.6) is 0 Å². The molecule has 1 aliphatic heterocycles. The van der Waals surface area contributed by atoms with Gasteiger partial charge in [-0.05, 0) is 31.8 Å². The Morgan fingerprint density at radius 3 is 2.79 bits per heavy atom. The average Bonchev–Trinajstić information content (AvgIpc) is 2.37. The maximum atomic E-state index is 11.9. The van der Waals surface area contributed by atoms with Gasteiger partial charge in [0, 0.05) is 12.7 Å². The third kappa shape index (κ3) is 3.52. The molecule has 1 aliphatic rings. The minimum absolute atomic E-state index is 0.213. The van der Waals surface area contributed by atoms with Crippen LogP contribution in [-0.2, 0) is 10.0 Å². The quantitative estimate of drug-likeness (QED) is 0.528. The largest absolute Gasteiger partial charge is 0.325 e. The van der Waals surface area contributed by atoms with Crippen LogP contribution < -0.4 is 21.3 Å². The third-order valence-electron chi connectivity index (χ3n) is 3.04. The number of hydrogen-bond donors (Lipinski definition) is 4. The second kappa shape index (κ2) is 5.68. The van der Waals surface area contributed by atoms with Gasteiger partial charge in [-0.1, -0.05) is 0 Å². The maximum Gasteiger partial charge on any atom is 0.325 e. The van der Waals surface area contributed by atoms with Crippen molar-refractivity contribution in [3.05, 3.63) is 27.0 Å². The highest BCUT2D eigenvalue weighted by Gasteiger charge is 2.21. The smallest absolute Gasteiger partial charge is 0.316 e. The Labute approximate surface area is 109 Å². The number of piperidine rings is 1. The van der Waals surface area contributed by atoms with Crippen molar-refractivity contribution in [2.45, 2.75) is 17.7 Å². The summed E-state index contributed by atoms with van der Waals surface area (Å²) in [7, 11) is -3.90. The Bertz CT molecular complexity index is 642. The predicted octanol–water partition coefficient (Wildman–Crippen LogP) is -1.66. The molecule has 0 amide bonds. The first-order valence-corrected chi connectivity index (χ1v) is 7.50. The SMILES string of the molecule is O=c1[nH]cc(S(=O)(=O)NCC2CCCNC2)c(=O)[nH]1. The Hall–Kier alpha value is -1.45. The Balaban J connectivity index is 2.09. The van der Waals surface area contributed by atoms with E-state index in [0.717, 1.165) is 32.1 Å². The van der Waals surface area contributed by atoms with E-state index in [2.05, 4.69) is 15.0 Å². The molecule has 1 saturated heterocycles. The summed E-state index contributed by atoms with van der Waals surface area (Å²) in [6, 6.07) is 0. The number of H-pyrrole nitrogens is 2. The Morgan fingerprint density at radius 2 is 2.16 bits per heavy atom. The van der Waals surface area contributed by atoms with E-state index in [9.17, 15) is 18.0 Å². The van der Waals surface area contributed by atoms with Crippen molar-refractivity contribution in [1.82, 2.24) is 20.0 Å². The van der Waals surface area contributed by atoms with Crippen LogP contribution in [0.3, 0.4) is 0 Å². The lowest BCUT2D eigenvalue weighted by Gasteiger charge is -2.22. The summed E-state index contributed by atoms with van der Waals surface area (Å²) in [5.74, 6) is 0.213. The fourth-order valence-electron chi connectivity index (χ4n) is 2.00. The minimum Gasteiger partial charge on any atom is -0.316 e. The summed E-state index contributed by atoms with van der Waals surface area (Å²) in [6.07, 6.45) is 2.85. The molecule has 9 heteroatoms. The van der Waals surface area contributed by atoms with Crippen LogP contribution in [0.4, 0.5) is 0 Å². The van der Waals surface area contributed by atoms with Crippen LogP contribution in [0.2, 0.25) is 0 Å². The zero-order valence-corrected chi connectivity index (χ0v) is 11.0. The highest BCUT2D eigenvalue weighted by molar-refractivity contribution is 7.89. The number of aromatic nitrogens is 2. The molecule has 0 saturated carbocycles. The number of hydrogen-bond acceptors (Lipinski definition) is 5. The maximum absolute atomic E-state index is 11.9. The lowest BCUT2D eigenvalue weighted by molar-refractivity contribution is 0.376. The van der Waals surface area contributed by atoms with Crippen LogP contribution >= 0.6 is 0 Å². The molecule has 0 aromatic carbocycles. The molecule has 0 bridgehead atoms. The summed E-state index contributed by atoms with van der Waals surface area (Å²) in [4.78, 5) is 25.8. The molecule has 2 rings (SSSR count). The zero-order valence-electron chi connectivity index (χ0n) is 10.2. The molecule has 0 radical (unpaired) electrons. The van der Waals surface area contributed by atoms with Crippen molar-refractivity contribution in [2.24, 2.45) is 5.92 Å². The van der Waals surface area contributed by atoms with Gasteiger partial charge < -0.3 is 10.3 Å². The van der Waals surface area contributed by atoms with E-state index in [0.29, 0.717) is 0 Å². The first kappa shape index (κ1) is 14.0. The second-order valence-electron chi connectivity index (χ2n) is 4.50. The summed E-state index contributed by atoms with van der Waals surface area (Å²) in [6.45, 7) is 1.97. The molecule has 1 fully saturated rings. The Kier molecular flexibility index (Phi) is 4.17. The van der Waals surface area contributed by atoms with E-state index in [1.165, 1.54) is 0 Å². The predicted molar refractivity (Wildman–Crippen MR) is 68.5 cm³/mol. The molecule has 0 aliphatic carbocycles. The van der Waals surface area contributed by atoms with Gasteiger partial charge in [-0.25, -0.2) is 17.9 Å². The number of sulfonamides is 1. The molecule has 0 spiro atoms. The molecule has 1 aromatic rings. The van der Waals surface area contributed by atoms with E-state index in [-0.39, 0.29) is 12.5 Å². The highest BCUT2D eigenvalue weighted by Crippen LogP contribution is 2.09. The van der Waals surface area contributed by atoms with Gasteiger partial charge in [0.25, 0.3) is 5.56 Å². The Morgan fingerprint density at radius 1 is 1.37 bits per heavy atom. The number of nitrogens with one attached hydrogen (secondary N) is 4. The van der Waals surface area contributed by atoms with Crippen molar-refractivity contribution in [3.8, 4) is 0 Å².